The lowest BCUT2D eigenvalue weighted by atomic mass is 10.3. The predicted molar refractivity (Wildman–Crippen MR) is 89.2 cm³/mol. The number of hydrogen-bond donors (Lipinski definition) is 2. The van der Waals surface area contributed by atoms with Crippen molar-refractivity contribution in [2.24, 2.45) is 0 Å². The largest absolute Gasteiger partial charge is 0.489 e. The lowest BCUT2D eigenvalue weighted by Crippen LogP contribution is -2.09. The number of benzene rings is 1. The quantitative estimate of drug-likeness (QED) is 0.723. The molecule has 0 amide bonds. The molecule has 3 aromatic rings. The summed E-state index contributed by atoms with van der Waals surface area (Å²) in [6.45, 7) is 4.60. The molecule has 0 spiro atoms. The predicted octanol–water partition coefficient (Wildman–Crippen LogP) is 3.93. The van der Waals surface area contributed by atoms with Crippen molar-refractivity contribution >= 4 is 17.0 Å². The van der Waals surface area contributed by atoms with Gasteiger partial charge in [-0.05, 0) is 37.4 Å². The molecule has 114 valence electrons. The van der Waals surface area contributed by atoms with Crippen LogP contribution in [0.25, 0.3) is 10.7 Å². The van der Waals surface area contributed by atoms with Gasteiger partial charge in [0.1, 0.15) is 11.6 Å². The van der Waals surface area contributed by atoms with Gasteiger partial charge in [0.2, 0.25) is 0 Å². The van der Waals surface area contributed by atoms with Crippen LogP contribution in [0.1, 0.15) is 19.7 Å². The number of aromatic nitrogens is 3. The topological polar surface area (TPSA) is 62.8 Å². The highest BCUT2D eigenvalue weighted by Crippen LogP contribution is 2.25. The molecule has 2 N–H and O–H groups in total. The average Bonchev–Trinajstić information content (AvgIpc) is 3.17. The van der Waals surface area contributed by atoms with Gasteiger partial charge >= 0.3 is 0 Å². The molecule has 0 aliphatic rings. The summed E-state index contributed by atoms with van der Waals surface area (Å²) >= 11 is 1.63. The molecule has 0 saturated heterocycles. The van der Waals surface area contributed by atoms with Crippen LogP contribution in [0, 0.1) is 0 Å². The Labute approximate surface area is 133 Å². The molecule has 0 atom stereocenters. The van der Waals surface area contributed by atoms with E-state index in [0.717, 1.165) is 28.0 Å². The van der Waals surface area contributed by atoms with Gasteiger partial charge in [0.05, 0.1) is 23.2 Å². The second-order valence-corrected chi connectivity index (χ2v) is 6.05. The molecule has 0 radical (unpaired) electrons. The fourth-order valence-corrected chi connectivity index (χ4v) is 2.70. The summed E-state index contributed by atoms with van der Waals surface area (Å²) in [5, 5.41) is 12.6. The molecule has 5 nitrogen and oxygen atoms in total. The minimum Gasteiger partial charge on any atom is -0.489 e. The van der Waals surface area contributed by atoms with Crippen LogP contribution in [-0.4, -0.2) is 21.3 Å². The van der Waals surface area contributed by atoms with E-state index < -0.39 is 0 Å². The molecule has 2 heterocycles. The summed E-state index contributed by atoms with van der Waals surface area (Å²) in [4.78, 5) is 5.56. The van der Waals surface area contributed by atoms with E-state index >= 15 is 0 Å². The Morgan fingerprint density at radius 3 is 2.86 bits per heavy atom. The first-order chi connectivity index (χ1) is 10.7. The molecule has 1 aromatic carbocycles. The van der Waals surface area contributed by atoms with Gasteiger partial charge < -0.3 is 10.1 Å². The van der Waals surface area contributed by atoms with Crippen molar-refractivity contribution < 1.29 is 4.74 Å². The number of rotatable bonds is 6. The Balaban J connectivity index is 1.68. The highest BCUT2D eigenvalue weighted by atomic mass is 32.1. The SMILES string of the molecule is CC(C)Oc1ccccc1NCc1nc(-c2cccs2)n[nH]1. The zero-order valence-corrected chi connectivity index (χ0v) is 13.4. The average molecular weight is 314 g/mol. The molecule has 0 fully saturated rings. The number of nitrogens with one attached hydrogen (secondary N) is 2. The number of anilines is 1. The van der Waals surface area contributed by atoms with Crippen molar-refractivity contribution in [1.82, 2.24) is 15.2 Å². The third-order valence-corrected chi connectivity index (χ3v) is 3.84. The fraction of sp³-hybridized carbons (Fsp3) is 0.250. The van der Waals surface area contributed by atoms with Gasteiger partial charge in [0.15, 0.2) is 5.82 Å². The second-order valence-electron chi connectivity index (χ2n) is 5.10. The maximum atomic E-state index is 5.79. The lowest BCUT2D eigenvalue weighted by molar-refractivity contribution is 0.243. The number of ether oxygens (including phenoxy) is 1. The summed E-state index contributed by atoms with van der Waals surface area (Å²) in [7, 11) is 0. The van der Waals surface area contributed by atoms with Crippen LogP contribution in [0.4, 0.5) is 5.69 Å². The van der Waals surface area contributed by atoms with E-state index in [0.29, 0.717) is 6.54 Å². The lowest BCUT2D eigenvalue weighted by Gasteiger charge is -2.14. The first kappa shape index (κ1) is 14.6. The molecule has 0 saturated carbocycles. The standard InChI is InChI=1S/C16H18N4OS/c1-11(2)21-13-7-4-3-6-12(13)17-10-15-18-16(20-19-15)14-8-5-9-22-14/h3-9,11,17H,10H2,1-2H3,(H,18,19,20). The van der Waals surface area contributed by atoms with E-state index in [2.05, 4.69) is 20.5 Å². The maximum absolute atomic E-state index is 5.79. The Bertz CT molecular complexity index is 721. The summed E-state index contributed by atoms with van der Waals surface area (Å²) in [6.07, 6.45) is 0.138. The van der Waals surface area contributed by atoms with Crippen LogP contribution >= 0.6 is 11.3 Å². The Hall–Kier alpha value is -2.34. The molecule has 0 unspecified atom stereocenters. The van der Waals surface area contributed by atoms with Crippen molar-refractivity contribution in [1.29, 1.82) is 0 Å². The summed E-state index contributed by atoms with van der Waals surface area (Å²) < 4.78 is 5.79. The zero-order valence-electron chi connectivity index (χ0n) is 12.5. The molecule has 2 aromatic heterocycles. The van der Waals surface area contributed by atoms with Gasteiger partial charge in [-0.3, -0.25) is 5.10 Å². The van der Waals surface area contributed by atoms with Crippen LogP contribution in [0.5, 0.6) is 5.75 Å². The highest BCUT2D eigenvalue weighted by Gasteiger charge is 2.08. The van der Waals surface area contributed by atoms with E-state index in [1.807, 2.05) is 55.6 Å². The number of nitrogens with zero attached hydrogens (tertiary/aromatic N) is 2. The Kier molecular flexibility index (Phi) is 4.39. The maximum Gasteiger partial charge on any atom is 0.191 e. The minimum atomic E-state index is 0.138. The summed E-state index contributed by atoms with van der Waals surface area (Å²) in [6, 6.07) is 11.9. The minimum absolute atomic E-state index is 0.138. The zero-order chi connectivity index (χ0) is 15.4. The second kappa shape index (κ2) is 6.62. The van der Waals surface area contributed by atoms with E-state index in [4.69, 9.17) is 4.74 Å². The van der Waals surface area contributed by atoms with Crippen LogP contribution in [0.15, 0.2) is 41.8 Å². The normalized spacial score (nSPS) is 10.9. The monoisotopic (exact) mass is 314 g/mol. The number of H-pyrrole nitrogens is 1. The smallest absolute Gasteiger partial charge is 0.191 e. The molecule has 0 aliphatic carbocycles. The van der Waals surface area contributed by atoms with E-state index in [1.54, 1.807) is 11.3 Å². The molecular formula is C16H18N4OS. The van der Waals surface area contributed by atoms with Gasteiger partial charge in [-0.15, -0.1) is 11.3 Å². The van der Waals surface area contributed by atoms with E-state index in [9.17, 15) is 0 Å². The van der Waals surface area contributed by atoms with Gasteiger partial charge in [-0.2, -0.15) is 5.10 Å². The summed E-state index contributed by atoms with van der Waals surface area (Å²) in [5.74, 6) is 2.37. The summed E-state index contributed by atoms with van der Waals surface area (Å²) in [5.41, 5.74) is 0.949. The highest BCUT2D eigenvalue weighted by molar-refractivity contribution is 7.13. The first-order valence-electron chi connectivity index (χ1n) is 7.17. The molecular weight excluding hydrogens is 296 g/mol. The van der Waals surface area contributed by atoms with Crippen LogP contribution < -0.4 is 10.1 Å². The van der Waals surface area contributed by atoms with Crippen LogP contribution in [-0.2, 0) is 6.54 Å². The van der Waals surface area contributed by atoms with Crippen molar-refractivity contribution in [2.75, 3.05) is 5.32 Å². The molecule has 22 heavy (non-hydrogen) atoms. The molecule has 0 aliphatic heterocycles. The van der Waals surface area contributed by atoms with Gasteiger partial charge in [0, 0.05) is 0 Å². The number of hydrogen-bond acceptors (Lipinski definition) is 5. The van der Waals surface area contributed by atoms with Crippen molar-refractivity contribution in [3.05, 3.63) is 47.6 Å². The van der Waals surface area contributed by atoms with Gasteiger partial charge in [0.25, 0.3) is 0 Å². The first-order valence-corrected chi connectivity index (χ1v) is 8.05. The Morgan fingerprint density at radius 1 is 1.23 bits per heavy atom. The third kappa shape index (κ3) is 3.46. The van der Waals surface area contributed by atoms with Gasteiger partial charge in [-0.25, -0.2) is 4.98 Å². The number of para-hydroxylation sites is 2. The van der Waals surface area contributed by atoms with Crippen molar-refractivity contribution in [3.63, 3.8) is 0 Å². The Morgan fingerprint density at radius 2 is 2.09 bits per heavy atom. The third-order valence-electron chi connectivity index (χ3n) is 2.97. The number of thiophene rings is 1. The molecule has 6 heteroatoms. The van der Waals surface area contributed by atoms with Gasteiger partial charge in [-0.1, -0.05) is 18.2 Å². The van der Waals surface area contributed by atoms with Crippen LogP contribution in [0.3, 0.4) is 0 Å². The molecule has 0 bridgehead atoms. The molecule has 3 rings (SSSR count). The van der Waals surface area contributed by atoms with E-state index in [-0.39, 0.29) is 6.10 Å². The van der Waals surface area contributed by atoms with Crippen molar-refractivity contribution in [3.8, 4) is 16.5 Å². The van der Waals surface area contributed by atoms with Crippen LogP contribution in [0.2, 0.25) is 0 Å². The van der Waals surface area contributed by atoms with Crippen molar-refractivity contribution in [2.45, 2.75) is 26.5 Å². The number of aromatic amines is 1. The van der Waals surface area contributed by atoms with E-state index in [1.165, 1.54) is 0 Å². The fourth-order valence-electron chi connectivity index (χ4n) is 2.04.